The molecule has 0 radical (unpaired) electrons. The number of alkyl halides is 6. The topological polar surface area (TPSA) is 46.4 Å². The van der Waals surface area contributed by atoms with Crippen molar-refractivity contribution >= 4 is 17.4 Å². The molecule has 0 saturated heterocycles. The first-order chi connectivity index (χ1) is 12.0. The van der Waals surface area contributed by atoms with Crippen LogP contribution in [0, 0.1) is 5.92 Å². The van der Waals surface area contributed by atoms with E-state index < -0.39 is 36.2 Å². The molecule has 1 fully saturated rings. The Labute approximate surface area is 144 Å². The van der Waals surface area contributed by atoms with E-state index in [1.807, 2.05) is 0 Å². The third-order valence-electron chi connectivity index (χ3n) is 4.26. The fraction of sp³-hybridized carbons (Fsp3) is 0.500. The van der Waals surface area contributed by atoms with E-state index in [9.17, 15) is 31.1 Å². The highest BCUT2D eigenvalue weighted by atomic mass is 19.4. The van der Waals surface area contributed by atoms with Gasteiger partial charge in [0.1, 0.15) is 5.65 Å². The van der Waals surface area contributed by atoms with E-state index in [-0.39, 0.29) is 17.4 Å². The van der Waals surface area contributed by atoms with Gasteiger partial charge in [-0.25, -0.2) is 4.98 Å². The fourth-order valence-corrected chi connectivity index (χ4v) is 2.65. The summed E-state index contributed by atoms with van der Waals surface area (Å²) in [6, 6.07) is 2.04. The summed E-state index contributed by atoms with van der Waals surface area (Å²) in [7, 11) is 0. The van der Waals surface area contributed by atoms with Crippen molar-refractivity contribution in [2.24, 2.45) is 5.92 Å². The zero-order chi connectivity index (χ0) is 19.3. The van der Waals surface area contributed by atoms with Gasteiger partial charge in [-0.05, 0) is 25.0 Å². The average Bonchev–Trinajstić information content (AvgIpc) is 3.26. The predicted molar refractivity (Wildman–Crippen MR) is 80.6 cm³/mol. The molecule has 2 aromatic rings. The Kier molecular flexibility index (Phi) is 4.40. The third kappa shape index (κ3) is 3.78. The SMILES string of the molecule is CC(CC(=O)Nc1nc2ccc(C(F)(F)F)cn2c1C1CC1)C(F)(F)F. The number of pyridine rings is 1. The van der Waals surface area contributed by atoms with Crippen LogP contribution in [0.25, 0.3) is 5.65 Å². The Bertz CT molecular complexity index is 835. The maximum absolute atomic E-state index is 12.9. The zero-order valence-electron chi connectivity index (χ0n) is 13.6. The molecule has 1 aliphatic rings. The van der Waals surface area contributed by atoms with Crippen molar-refractivity contribution in [2.45, 2.75) is 44.5 Å². The lowest BCUT2D eigenvalue weighted by molar-refractivity contribution is -0.173. The summed E-state index contributed by atoms with van der Waals surface area (Å²) < 4.78 is 77.8. The van der Waals surface area contributed by atoms with E-state index in [0.29, 0.717) is 18.5 Å². The molecule has 1 aliphatic carbocycles. The average molecular weight is 379 g/mol. The molecule has 26 heavy (non-hydrogen) atoms. The van der Waals surface area contributed by atoms with E-state index in [2.05, 4.69) is 10.3 Å². The molecule has 2 aromatic heterocycles. The number of fused-ring (bicyclic) bond motifs is 1. The van der Waals surface area contributed by atoms with E-state index in [4.69, 9.17) is 0 Å². The van der Waals surface area contributed by atoms with Gasteiger partial charge in [-0.2, -0.15) is 26.3 Å². The monoisotopic (exact) mass is 379 g/mol. The minimum absolute atomic E-state index is 0.0196. The van der Waals surface area contributed by atoms with Crippen LogP contribution in [0.3, 0.4) is 0 Å². The Morgan fingerprint density at radius 3 is 2.46 bits per heavy atom. The number of hydrogen-bond donors (Lipinski definition) is 1. The van der Waals surface area contributed by atoms with Crippen molar-refractivity contribution in [1.29, 1.82) is 0 Å². The number of carbonyl (C=O) groups is 1. The Morgan fingerprint density at radius 1 is 1.27 bits per heavy atom. The van der Waals surface area contributed by atoms with Crippen molar-refractivity contribution in [3.8, 4) is 0 Å². The van der Waals surface area contributed by atoms with Crippen LogP contribution in [-0.2, 0) is 11.0 Å². The summed E-state index contributed by atoms with van der Waals surface area (Å²) in [5, 5.41) is 2.33. The van der Waals surface area contributed by atoms with Crippen LogP contribution in [0.5, 0.6) is 0 Å². The van der Waals surface area contributed by atoms with E-state index >= 15 is 0 Å². The van der Waals surface area contributed by atoms with Crippen molar-refractivity contribution in [1.82, 2.24) is 9.38 Å². The molecule has 3 rings (SSSR count). The first-order valence-electron chi connectivity index (χ1n) is 7.92. The van der Waals surface area contributed by atoms with Crippen LogP contribution in [0.2, 0.25) is 0 Å². The number of nitrogens with one attached hydrogen (secondary N) is 1. The standard InChI is InChI=1S/C16H15F6N3O/c1-8(15(17,18)19)6-12(26)24-14-13(9-2-3-9)25-7-10(16(20,21)22)4-5-11(25)23-14/h4-5,7-9H,2-3,6H2,1H3,(H,24,26). The van der Waals surface area contributed by atoms with Gasteiger partial charge in [0.05, 0.1) is 17.2 Å². The summed E-state index contributed by atoms with van der Waals surface area (Å²) in [6.45, 7) is 0.890. The molecule has 0 bridgehead atoms. The van der Waals surface area contributed by atoms with Gasteiger partial charge in [-0.3, -0.25) is 4.79 Å². The normalized spacial score (nSPS) is 16.7. The van der Waals surface area contributed by atoms with Crippen LogP contribution >= 0.6 is 0 Å². The molecule has 142 valence electrons. The van der Waals surface area contributed by atoms with Gasteiger partial charge in [0.15, 0.2) is 5.82 Å². The fourth-order valence-electron chi connectivity index (χ4n) is 2.65. The molecule has 1 atom stereocenters. The molecule has 0 spiro atoms. The summed E-state index contributed by atoms with van der Waals surface area (Å²) in [5.41, 5.74) is -0.286. The summed E-state index contributed by atoms with van der Waals surface area (Å²) in [4.78, 5) is 16.0. The molecule has 1 saturated carbocycles. The van der Waals surface area contributed by atoms with E-state index in [0.717, 1.165) is 19.2 Å². The predicted octanol–water partition coefficient (Wildman–Crippen LogP) is 4.76. The molecule has 1 unspecified atom stereocenters. The van der Waals surface area contributed by atoms with Gasteiger partial charge in [-0.1, -0.05) is 6.92 Å². The van der Waals surface area contributed by atoms with Crippen molar-refractivity contribution in [3.05, 3.63) is 29.6 Å². The third-order valence-corrected chi connectivity index (χ3v) is 4.26. The Morgan fingerprint density at radius 2 is 1.92 bits per heavy atom. The minimum Gasteiger partial charge on any atom is -0.309 e. The highest BCUT2D eigenvalue weighted by molar-refractivity contribution is 5.91. The van der Waals surface area contributed by atoms with Crippen LogP contribution in [0.4, 0.5) is 32.2 Å². The number of amides is 1. The Hall–Kier alpha value is -2.26. The lowest BCUT2D eigenvalue weighted by atomic mass is 10.1. The number of nitrogens with zero attached hydrogens (tertiary/aromatic N) is 2. The van der Waals surface area contributed by atoms with Gasteiger partial charge in [0, 0.05) is 18.5 Å². The largest absolute Gasteiger partial charge is 0.417 e. The lowest BCUT2D eigenvalue weighted by Crippen LogP contribution is -2.26. The molecule has 0 aliphatic heterocycles. The molecular formula is C16H15F6N3O. The quantitative estimate of drug-likeness (QED) is 0.779. The highest BCUT2D eigenvalue weighted by Gasteiger charge is 2.38. The Balaban J connectivity index is 1.91. The molecule has 10 heteroatoms. The van der Waals surface area contributed by atoms with Crippen LogP contribution in [-0.4, -0.2) is 21.5 Å². The number of aromatic nitrogens is 2. The minimum atomic E-state index is -4.54. The number of rotatable bonds is 4. The molecular weight excluding hydrogens is 364 g/mol. The molecule has 0 aromatic carbocycles. The van der Waals surface area contributed by atoms with Gasteiger partial charge in [0.25, 0.3) is 0 Å². The van der Waals surface area contributed by atoms with Crippen LogP contribution in [0.15, 0.2) is 18.3 Å². The number of carbonyl (C=O) groups excluding carboxylic acids is 1. The summed E-state index contributed by atoms with van der Waals surface area (Å²) >= 11 is 0. The second-order valence-corrected chi connectivity index (χ2v) is 6.46. The van der Waals surface area contributed by atoms with E-state index in [1.54, 1.807) is 0 Å². The number of hydrogen-bond acceptors (Lipinski definition) is 2. The van der Waals surface area contributed by atoms with Crippen LogP contribution < -0.4 is 5.32 Å². The van der Waals surface area contributed by atoms with Crippen molar-refractivity contribution < 1.29 is 31.1 Å². The molecule has 1 amide bonds. The first kappa shape index (κ1) is 18.5. The lowest BCUT2D eigenvalue weighted by Gasteiger charge is -2.14. The van der Waals surface area contributed by atoms with Gasteiger partial charge < -0.3 is 9.72 Å². The van der Waals surface area contributed by atoms with Crippen LogP contribution in [0.1, 0.15) is 43.4 Å². The number of halogens is 6. The maximum atomic E-state index is 12.9. The molecule has 1 N–H and O–H groups in total. The highest BCUT2D eigenvalue weighted by Crippen LogP contribution is 2.44. The van der Waals surface area contributed by atoms with Crippen molar-refractivity contribution in [3.63, 3.8) is 0 Å². The maximum Gasteiger partial charge on any atom is 0.417 e. The second kappa shape index (κ2) is 6.17. The molecule has 2 heterocycles. The number of imidazole rings is 1. The number of anilines is 1. The van der Waals surface area contributed by atoms with Crippen molar-refractivity contribution in [2.75, 3.05) is 5.32 Å². The van der Waals surface area contributed by atoms with Gasteiger partial charge >= 0.3 is 12.4 Å². The summed E-state index contributed by atoms with van der Waals surface area (Å²) in [5.74, 6) is -2.77. The molecule has 4 nitrogen and oxygen atoms in total. The zero-order valence-corrected chi connectivity index (χ0v) is 13.6. The smallest absolute Gasteiger partial charge is 0.309 e. The second-order valence-electron chi connectivity index (χ2n) is 6.46. The summed E-state index contributed by atoms with van der Waals surface area (Å²) in [6.07, 6.45) is -7.50. The van der Waals surface area contributed by atoms with E-state index in [1.165, 1.54) is 10.5 Å². The van der Waals surface area contributed by atoms with Gasteiger partial charge in [-0.15, -0.1) is 0 Å². The van der Waals surface area contributed by atoms with Gasteiger partial charge in [0.2, 0.25) is 5.91 Å². The first-order valence-corrected chi connectivity index (χ1v) is 7.92.